The predicted molar refractivity (Wildman–Crippen MR) is 67.3 cm³/mol. The fourth-order valence-corrected chi connectivity index (χ4v) is 1.89. The lowest BCUT2D eigenvalue weighted by atomic mass is 10.0. The molecule has 84 valence electrons. The van der Waals surface area contributed by atoms with Gasteiger partial charge in [0.25, 0.3) is 0 Å². The van der Waals surface area contributed by atoms with Gasteiger partial charge >= 0.3 is 0 Å². The summed E-state index contributed by atoms with van der Waals surface area (Å²) >= 11 is 0. The first-order chi connectivity index (χ1) is 7.30. The Morgan fingerprint density at radius 3 is 2.13 bits per heavy atom. The molecule has 0 aromatic heterocycles. The van der Waals surface area contributed by atoms with Crippen LogP contribution in [0.25, 0.3) is 0 Å². The fourth-order valence-electron chi connectivity index (χ4n) is 1.89. The van der Waals surface area contributed by atoms with Crippen molar-refractivity contribution in [1.82, 2.24) is 5.32 Å². The Hall–Kier alpha value is -0.820. The average Bonchev–Trinajstić information content (AvgIpc) is 2.29. The zero-order valence-corrected chi connectivity index (χ0v) is 10.2. The number of aryl methyl sites for hydroxylation is 1. The van der Waals surface area contributed by atoms with Crippen LogP contribution in [0.3, 0.4) is 0 Å². The summed E-state index contributed by atoms with van der Waals surface area (Å²) in [6.07, 6.45) is 4.78. The van der Waals surface area contributed by atoms with Crippen LogP contribution in [0.2, 0.25) is 0 Å². The SMILES string of the molecule is CCCC(Cc1ccc(CC)cc1)NC. The number of benzene rings is 1. The van der Waals surface area contributed by atoms with E-state index in [1.807, 2.05) is 0 Å². The Morgan fingerprint density at radius 2 is 1.67 bits per heavy atom. The van der Waals surface area contributed by atoms with Crippen LogP contribution in [0.15, 0.2) is 24.3 Å². The van der Waals surface area contributed by atoms with Gasteiger partial charge in [-0.3, -0.25) is 0 Å². The summed E-state index contributed by atoms with van der Waals surface area (Å²) in [6, 6.07) is 9.64. The van der Waals surface area contributed by atoms with Crippen LogP contribution in [0, 0.1) is 0 Å². The maximum Gasteiger partial charge on any atom is 0.0104 e. The van der Waals surface area contributed by atoms with Crippen LogP contribution in [0.4, 0.5) is 0 Å². The molecule has 0 fully saturated rings. The zero-order valence-electron chi connectivity index (χ0n) is 10.2. The Balaban J connectivity index is 2.55. The van der Waals surface area contributed by atoms with Crippen molar-refractivity contribution in [2.45, 2.75) is 45.6 Å². The molecule has 1 aromatic rings. The van der Waals surface area contributed by atoms with Gasteiger partial charge in [-0.25, -0.2) is 0 Å². The topological polar surface area (TPSA) is 12.0 Å². The maximum absolute atomic E-state index is 3.38. The van der Waals surface area contributed by atoms with E-state index < -0.39 is 0 Å². The van der Waals surface area contributed by atoms with Crippen LogP contribution >= 0.6 is 0 Å². The third-order valence-corrected chi connectivity index (χ3v) is 2.96. The van der Waals surface area contributed by atoms with Crippen LogP contribution < -0.4 is 5.32 Å². The normalized spacial score (nSPS) is 12.7. The summed E-state index contributed by atoms with van der Waals surface area (Å²) in [5.41, 5.74) is 2.87. The molecule has 1 aromatic carbocycles. The Bertz CT molecular complexity index is 263. The Kier molecular flexibility index (Phi) is 5.41. The summed E-state index contributed by atoms with van der Waals surface area (Å²) in [5.74, 6) is 0. The highest BCUT2D eigenvalue weighted by Crippen LogP contribution is 2.09. The molecule has 0 heterocycles. The molecule has 0 aliphatic rings. The molecule has 1 heteroatoms. The largest absolute Gasteiger partial charge is 0.317 e. The number of rotatable bonds is 6. The van der Waals surface area contributed by atoms with Gasteiger partial charge in [0.1, 0.15) is 0 Å². The van der Waals surface area contributed by atoms with Gasteiger partial charge in [0.15, 0.2) is 0 Å². The molecule has 0 radical (unpaired) electrons. The predicted octanol–water partition coefficient (Wildman–Crippen LogP) is 3.18. The lowest BCUT2D eigenvalue weighted by Gasteiger charge is -2.15. The molecule has 1 N–H and O–H groups in total. The minimum atomic E-state index is 0.627. The average molecular weight is 205 g/mol. The molecule has 0 aliphatic heterocycles. The summed E-state index contributed by atoms with van der Waals surface area (Å²) in [4.78, 5) is 0. The van der Waals surface area contributed by atoms with E-state index in [9.17, 15) is 0 Å². The van der Waals surface area contributed by atoms with Crippen LogP contribution in [-0.2, 0) is 12.8 Å². The smallest absolute Gasteiger partial charge is 0.0104 e. The zero-order chi connectivity index (χ0) is 11.1. The van der Waals surface area contributed by atoms with Crippen molar-refractivity contribution in [2.75, 3.05) is 7.05 Å². The lowest BCUT2D eigenvalue weighted by molar-refractivity contribution is 0.514. The second-order valence-corrected chi connectivity index (χ2v) is 4.15. The van der Waals surface area contributed by atoms with Crippen molar-refractivity contribution < 1.29 is 0 Å². The molecule has 1 unspecified atom stereocenters. The second kappa shape index (κ2) is 6.62. The van der Waals surface area contributed by atoms with Gasteiger partial charge in [-0.2, -0.15) is 0 Å². The van der Waals surface area contributed by atoms with Crippen molar-refractivity contribution in [2.24, 2.45) is 0 Å². The first-order valence-electron chi connectivity index (χ1n) is 6.05. The second-order valence-electron chi connectivity index (χ2n) is 4.15. The molecule has 0 spiro atoms. The number of nitrogens with one attached hydrogen (secondary N) is 1. The number of hydrogen-bond acceptors (Lipinski definition) is 1. The molecule has 1 rings (SSSR count). The first kappa shape index (κ1) is 12.3. The molecule has 0 aliphatic carbocycles. The van der Waals surface area contributed by atoms with Crippen molar-refractivity contribution in [3.05, 3.63) is 35.4 Å². The summed E-state index contributed by atoms with van der Waals surface area (Å²) in [7, 11) is 2.06. The van der Waals surface area contributed by atoms with Crippen molar-refractivity contribution in [1.29, 1.82) is 0 Å². The molecule has 15 heavy (non-hydrogen) atoms. The van der Waals surface area contributed by atoms with Crippen molar-refractivity contribution >= 4 is 0 Å². The lowest BCUT2D eigenvalue weighted by Crippen LogP contribution is -2.27. The molecule has 0 amide bonds. The highest BCUT2D eigenvalue weighted by Gasteiger charge is 2.05. The van der Waals surface area contributed by atoms with E-state index in [1.165, 1.54) is 24.0 Å². The molecular formula is C14H23N. The molecule has 0 bridgehead atoms. The quantitative estimate of drug-likeness (QED) is 0.752. The molecular weight excluding hydrogens is 182 g/mol. The maximum atomic E-state index is 3.38. The monoisotopic (exact) mass is 205 g/mol. The number of likely N-dealkylation sites (N-methyl/N-ethyl adjacent to an activating group) is 1. The van der Waals surface area contributed by atoms with Gasteiger partial charge in [-0.05, 0) is 37.4 Å². The third kappa shape index (κ3) is 4.05. The third-order valence-electron chi connectivity index (χ3n) is 2.96. The molecule has 1 nitrogen and oxygen atoms in total. The molecule has 0 saturated heterocycles. The fraction of sp³-hybridized carbons (Fsp3) is 0.571. The van der Waals surface area contributed by atoms with Gasteiger partial charge in [0.05, 0.1) is 0 Å². The standard InChI is InChI=1S/C14H23N/c1-4-6-14(15-3)11-13-9-7-12(5-2)8-10-13/h7-10,14-15H,4-6,11H2,1-3H3. The van der Waals surface area contributed by atoms with E-state index >= 15 is 0 Å². The van der Waals surface area contributed by atoms with Crippen LogP contribution in [0.5, 0.6) is 0 Å². The summed E-state index contributed by atoms with van der Waals surface area (Å²) < 4.78 is 0. The minimum absolute atomic E-state index is 0.627. The first-order valence-corrected chi connectivity index (χ1v) is 6.05. The van der Waals surface area contributed by atoms with Gasteiger partial charge in [-0.1, -0.05) is 44.5 Å². The van der Waals surface area contributed by atoms with E-state index in [4.69, 9.17) is 0 Å². The highest BCUT2D eigenvalue weighted by atomic mass is 14.9. The van der Waals surface area contributed by atoms with Crippen LogP contribution in [-0.4, -0.2) is 13.1 Å². The Morgan fingerprint density at radius 1 is 1.07 bits per heavy atom. The van der Waals surface area contributed by atoms with Gasteiger partial charge < -0.3 is 5.32 Å². The van der Waals surface area contributed by atoms with E-state index in [0.29, 0.717) is 6.04 Å². The van der Waals surface area contributed by atoms with E-state index in [-0.39, 0.29) is 0 Å². The van der Waals surface area contributed by atoms with Crippen molar-refractivity contribution in [3.8, 4) is 0 Å². The summed E-state index contributed by atoms with van der Waals surface area (Å²) in [6.45, 7) is 4.44. The molecule has 0 saturated carbocycles. The Labute approximate surface area is 93.9 Å². The number of hydrogen-bond donors (Lipinski definition) is 1. The van der Waals surface area contributed by atoms with Gasteiger partial charge in [0.2, 0.25) is 0 Å². The van der Waals surface area contributed by atoms with E-state index in [2.05, 4.69) is 50.5 Å². The van der Waals surface area contributed by atoms with Gasteiger partial charge in [0, 0.05) is 6.04 Å². The van der Waals surface area contributed by atoms with Gasteiger partial charge in [-0.15, -0.1) is 0 Å². The van der Waals surface area contributed by atoms with E-state index in [0.717, 1.165) is 12.8 Å². The van der Waals surface area contributed by atoms with Crippen LogP contribution in [0.1, 0.15) is 37.8 Å². The minimum Gasteiger partial charge on any atom is -0.317 e. The van der Waals surface area contributed by atoms with E-state index in [1.54, 1.807) is 0 Å². The highest BCUT2D eigenvalue weighted by molar-refractivity contribution is 5.23. The summed E-state index contributed by atoms with van der Waals surface area (Å²) in [5, 5.41) is 3.38. The van der Waals surface area contributed by atoms with Crippen molar-refractivity contribution in [3.63, 3.8) is 0 Å². The molecule has 1 atom stereocenters.